The summed E-state index contributed by atoms with van der Waals surface area (Å²) in [6.07, 6.45) is 1.21. The summed E-state index contributed by atoms with van der Waals surface area (Å²) in [6.45, 7) is 8.30. The van der Waals surface area contributed by atoms with Crippen LogP contribution in [0.1, 0.15) is 27.2 Å². The molecule has 4 heteroatoms. The molecule has 82 valence electrons. The second-order valence-electron chi connectivity index (χ2n) is 4.73. The van der Waals surface area contributed by atoms with E-state index in [1.165, 1.54) is 0 Å². The van der Waals surface area contributed by atoms with E-state index in [1.54, 1.807) is 0 Å². The van der Waals surface area contributed by atoms with Gasteiger partial charge in [0.05, 0.1) is 6.92 Å². The van der Waals surface area contributed by atoms with Gasteiger partial charge in [-0.25, -0.2) is 0 Å². The summed E-state index contributed by atoms with van der Waals surface area (Å²) in [6, 6.07) is 0.980. The van der Waals surface area contributed by atoms with Crippen molar-refractivity contribution >= 4 is 11.8 Å². The van der Waals surface area contributed by atoms with E-state index in [0.717, 1.165) is 31.4 Å². The predicted octanol–water partition coefficient (Wildman–Crippen LogP) is 0.396. The molecule has 0 saturated heterocycles. The van der Waals surface area contributed by atoms with Crippen molar-refractivity contribution in [1.82, 2.24) is 0 Å². The molecule has 15 heavy (non-hydrogen) atoms. The molecule has 3 aliphatic rings. The van der Waals surface area contributed by atoms with Crippen molar-refractivity contribution in [3.63, 3.8) is 0 Å². The van der Waals surface area contributed by atoms with E-state index in [0.29, 0.717) is 18.2 Å². The quantitative estimate of drug-likeness (QED) is 0.540. The van der Waals surface area contributed by atoms with Crippen LogP contribution in [-0.4, -0.2) is 52.4 Å². The fourth-order valence-electron chi connectivity index (χ4n) is 2.94. The predicted molar refractivity (Wildman–Crippen MR) is 55.4 cm³/mol. The number of ether oxygens (including phenoxy) is 2. The summed E-state index contributed by atoms with van der Waals surface area (Å²) < 4.78 is 16.2. The lowest BCUT2D eigenvalue weighted by Gasteiger charge is -2.14. The van der Waals surface area contributed by atoms with Gasteiger partial charge in [0.1, 0.15) is 0 Å². The second-order valence-corrected chi connectivity index (χ2v) is 4.73. The Bertz CT molecular complexity index is 339. The summed E-state index contributed by atoms with van der Waals surface area (Å²) in [7, 11) is 0. The Labute approximate surface area is 89.8 Å². The molecule has 0 aliphatic carbocycles. The van der Waals surface area contributed by atoms with Crippen LogP contribution in [0.15, 0.2) is 0 Å². The zero-order chi connectivity index (χ0) is 10.6. The van der Waals surface area contributed by atoms with Crippen LogP contribution >= 0.6 is 0 Å². The second kappa shape index (κ2) is 2.97. The van der Waals surface area contributed by atoms with Gasteiger partial charge < -0.3 is 9.47 Å². The van der Waals surface area contributed by atoms with Crippen LogP contribution in [0, 0.1) is 0 Å². The first-order chi connectivity index (χ1) is 7.18. The molecule has 4 nitrogen and oxygen atoms in total. The Morgan fingerprint density at radius 3 is 1.87 bits per heavy atom. The third kappa shape index (κ3) is 1.13. The Morgan fingerprint density at radius 2 is 1.40 bits per heavy atom. The Morgan fingerprint density at radius 1 is 0.933 bits per heavy atom. The van der Waals surface area contributed by atoms with Gasteiger partial charge in [-0.1, -0.05) is 0 Å². The average Bonchev–Trinajstić information content (AvgIpc) is 2.73. The molecule has 0 amide bonds. The van der Waals surface area contributed by atoms with Crippen LogP contribution in [0.3, 0.4) is 0 Å². The van der Waals surface area contributed by atoms with Crippen LogP contribution in [0.4, 0.5) is 0 Å². The molecular formula is C11H18N2O2+2. The molecule has 0 spiro atoms. The number of hydrogen-bond donors (Lipinski definition) is 0. The highest BCUT2D eigenvalue weighted by Gasteiger charge is 2.51. The fraction of sp³-hybridized carbons (Fsp3) is 0.818. The molecule has 2 atom stereocenters. The van der Waals surface area contributed by atoms with Gasteiger partial charge in [0, 0.05) is 13.8 Å². The van der Waals surface area contributed by atoms with Gasteiger partial charge in [0.2, 0.25) is 0 Å². The van der Waals surface area contributed by atoms with E-state index in [9.17, 15) is 0 Å². The van der Waals surface area contributed by atoms with Gasteiger partial charge in [-0.2, -0.15) is 0 Å². The molecule has 0 aromatic rings. The normalized spacial score (nSPS) is 38.7. The van der Waals surface area contributed by atoms with Gasteiger partial charge >= 0.3 is 18.0 Å². The number of nitrogens with zero attached hydrogens (tertiary/aromatic N) is 2. The van der Waals surface area contributed by atoms with Crippen LogP contribution in [0.25, 0.3) is 0 Å². The van der Waals surface area contributed by atoms with E-state index in [1.807, 2.05) is 0 Å². The van der Waals surface area contributed by atoms with Crippen LogP contribution in [0.5, 0.6) is 0 Å². The zero-order valence-electron chi connectivity index (χ0n) is 9.56. The Kier molecular flexibility index (Phi) is 1.82. The lowest BCUT2D eigenvalue weighted by molar-refractivity contribution is -0.796. The smallest absolute Gasteiger partial charge is 0.357 e. The number of hydrogen-bond acceptors (Lipinski definition) is 2. The van der Waals surface area contributed by atoms with E-state index in [2.05, 4.69) is 29.9 Å². The molecule has 0 aromatic heterocycles. The first-order valence-electron chi connectivity index (χ1n) is 5.72. The van der Waals surface area contributed by atoms with E-state index in [4.69, 9.17) is 9.47 Å². The van der Waals surface area contributed by atoms with Crippen molar-refractivity contribution in [1.29, 1.82) is 0 Å². The standard InChI is InChI=1S/C11H18N2O2/c1-7-5-14-10-4-11-13(8(2)6-15-11)9(3)12(7)10/h7-9H,4-6H2,1-3H3/q+2. The first kappa shape index (κ1) is 9.19. The van der Waals surface area contributed by atoms with Crippen LogP contribution in [0.2, 0.25) is 0 Å². The lowest BCUT2D eigenvalue weighted by atomic mass is 10.2. The summed E-state index contributed by atoms with van der Waals surface area (Å²) in [5.74, 6) is 2.19. The third-order valence-corrected chi connectivity index (χ3v) is 3.62. The van der Waals surface area contributed by atoms with Crippen molar-refractivity contribution in [2.24, 2.45) is 0 Å². The topological polar surface area (TPSA) is 24.5 Å². The Balaban J connectivity index is 1.99. The summed E-state index contributed by atoms with van der Waals surface area (Å²) >= 11 is 0. The van der Waals surface area contributed by atoms with Gasteiger partial charge in [-0.15, -0.1) is 9.15 Å². The first-order valence-corrected chi connectivity index (χ1v) is 5.72. The molecule has 0 aromatic carbocycles. The van der Waals surface area contributed by atoms with Crippen LogP contribution < -0.4 is 0 Å². The summed E-state index contributed by atoms with van der Waals surface area (Å²) in [4.78, 5) is 0. The van der Waals surface area contributed by atoms with Gasteiger partial charge in [-0.05, 0) is 0 Å². The van der Waals surface area contributed by atoms with Crippen molar-refractivity contribution in [2.75, 3.05) is 13.2 Å². The minimum Gasteiger partial charge on any atom is -0.440 e. The van der Waals surface area contributed by atoms with Gasteiger partial charge in [0.25, 0.3) is 0 Å². The molecule has 0 bridgehead atoms. The molecule has 0 N–H and O–H groups in total. The molecular weight excluding hydrogens is 192 g/mol. The van der Waals surface area contributed by atoms with Crippen LogP contribution in [-0.2, 0) is 9.47 Å². The van der Waals surface area contributed by atoms with Crippen molar-refractivity contribution < 1.29 is 18.6 Å². The van der Waals surface area contributed by atoms with Gasteiger partial charge in [-0.3, -0.25) is 0 Å². The van der Waals surface area contributed by atoms with E-state index in [-0.39, 0.29) is 0 Å². The minimum atomic E-state index is 0.374. The summed E-state index contributed by atoms with van der Waals surface area (Å²) in [5, 5.41) is 0. The maximum Gasteiger partial charge on any atom is 0.357 e. The maximum absolute atomic E-state index is 5.70. The highest BCUT2D eigenvalue weighted by atomic mass is 16.5. The Hall–Kier alpha value is -1.06. The zero-order valence-corrected chi connectivity index (χ0v) is 9.56. The SMILES string of the molecule is CC1COC2=[N+]1C(C)[N+]1=C(C2)OCC1C. The van der Waals surface area contributed by atoms with Crippen molar-refractivity contribution in [3.05, 3.63) is 0 Å². The van der Waals surface area contributed by atoms with E-state index < -0.39 is 0 Å². The summed E-state index contributed by atoms with van der Waals surface area (Å²) in [5.41, 5.74) is 0. The molecule has 3 aliphatic heterocycles. The molecule has 0 radical (unpaired) electrons. The fourth-order valence-corrected chi connectivity index (χ4v) is 2.94. The van der Waals surface area contributed by atoms with Crippen molar-refractivity contribution in [3.8, 4) is 0 Å². The lowest BCUT2D eigenvalue weighted by Crippen LogP contribution is -2.47. The minimum absolute atomic E-state index is 0.374. The molecule has 3 rings (SSSR count). The van der Waals surface area contributed by atoms with Gasteiger partial charge in [0.15, 0.2) is 31.7 Å². The third-order valence-electron chi connectivity index (χ3n) is 3.62. The molecule has 3 heterocycles. The molecule has 0 fully saturated rings. The van der Waals surface area contributed by atoms with Crippen molar-refractivity contribution in [2.45, 2.75) is 45.4 Å². The average molecular weight is 210 g/mol. The maximum atomic E-state index is 5.70. The highest BCUT2D eigenvalue weighted by Crippen LogP contribution is 2.21. The largest absolute Gasteiger partial charge is 0.440 e. The van der Waals surface area contributed by atoms with E-state index >= 15 is 0 Å². The number of rotatable bonds is 0. The monoisotopic (exact) mass is 210 g/mol. The molecule has 2 unspecified atom stereocenters. The molecule has 0 saturated carbocycles. The highest BCUT2D eigenvalue weighted by molar-refractivity contribution is 5.93.